The summed E-state index contributed by atoms with van der Waals surface area (Å²) in [4.78, 5) is 21.9. The van der Waals surface area contributed by atoms with Gasteiger partial charge in [-0.25, -0.2) is 0 Å². The van der Waals surface area contributed by atoms with E-state index in [2.05, 4.69) is 10.1 Å². The number of ether oxygens (including phenoxy) is 1. The molecule has 1 amide bonds. The van der Waals surface area contributed by atoms with Gasteiger partial charge in [-0.3, -0.25) is 9.59 Å². The van der Waals surface area contributed by atoms with Crippen LogP contribution in [0.1, 0.15) is 20.3 Å². The number of rotatable bonds is 6. The average molecular weight is 218 g/mol. The van der Waals surface area contributed by atoms with E-state index in [-0.39, 0.29) is 32.0 Å². The van der Waals surface area contributed by atoms with E-state index in [1.165, 1.54) is 6.92 Å². The van der Waals surface area contributed by atoms with Crippen LogP contribution >= 0.6 is 0 Å². The third-order valence-electron chi connectivity index (χ3n) is 1.68. The van der Waals surface area contributed by atoms with Gasteiger partial charge in [0.15, 0.2) is 0 Å². The topological polar surface area (TPSA) is 102 Å². The average Bonchev–Trinajstić information content (AvgIpc) is 2.13. The number of aliphatic hydroxyl groups is 1. The zero-order chi connectivity index (χ0) is 11.9. The predicted molar refractivity (Wildman–Crippen MR) is 53.9 cm³/mol. The van der Waals surface area contributed by atoms with Crippen LogP contribution in [0.5, 0.6) is 0 Å². The van der Waals surface area contributed by atoms with E-state index in [9.17, 15) is 14.7 Å². The van der Waals surface area contributed by atoms with Gasteiger partial charge < -0.3 is 20.9 Å². The fraction of sp³-hybridized carbons (Fsp3) is 0.778. The number of carbonyl (C=O) groups is 2. The molecule has 0 spiro atoms. The molecule has 0 bridgehead atoms. The van der Waals surface area contributed by atoms with Crippen LogP contribution in [0.4, 0.5) is 0 Å². The molecule has 1 unspecified atom stereocenters. The van der Waals surface area contributed by atoms with E-state index in [1.54, 1.807) is 6.92 Å². The fourth-order valence-corrected chi connectivity index (χ4v) is 0.947. The Kier molecular flexibility index (Phi) is 5.88. The molecule has 4 N–H and O–H groups in total. The minimum Gasteiger partial charge on any atom is -0.466 e. The molecule has 0 rings (SSSR count). The highest BCUT2D eigenvalue weighted by Gasteiger charge is 2.25. The van der Waals surface area contributed by atoms with Crippen molar-refractivity contribution >= 4 is 11.9 Å². The summed E-state index contributed by atoms with van der Waals surface area (Å²) in [7, 11) is 0. The third-order valence-corrected chi connectivity index (χ3v) is 1.68. The van der Waals surface area contributed by atoms with Gasteiger partial charge in [-0.15, -0.1) is 0 Å². The zero-order valence-electron chi connectivity index (χ0n) is 9.08. The highest BCUT2D eigenvalue weighted by atomic mass is 16.5. The van der Waals surface area contributed by atoms with Gasteiger partial charge >= 0.3 is 5.97 Å². The number of nitrogens with one attached hydrogen (secondary N) is 1. The standard InChI is InChI=1S/C9H18N2O4/c1-3-15-8(13)4-9(2,14)6-11-7(12)5-10/h14H,3-6,10H2,1-2H3,(H,11,12). The summed E-state index contributed by atoms with van der Waals surface area (Å²) in [6, 6.07) is 0. The van der Waals surface area contributed by atoms with E-state index >= 15 is 0 Å². The molecule has 0 saturated heterocycles. The summed E-state index contributed by atoms with van der Waals surface area (Å²) >= 11 is 0. The van der Waals surface area contributed by atoms with E-state index in [0.29, 0.717) is 0 Å². The van der Waals surface area contributed by atoms with Crippen molar-refractivity contribution in [3.63, 3.8) is 0 Å². The van der Waals surface area contributed by atoms with Crippen molar-refractivity contribution in [2.45, 2.75) is 25.9 Å². The lowest BCUT2D eigenvalue weighted by atomic mass is 10.0. The van der Waals surface area contributed by atoms with Gasteiger partial charge in [-0.1, -0.05) is 0 Å². The molecule has 0 aliphatic heterocycles. The van der Waals surface area contributed by atoms with E-state index in [1.807, 2.05) is 0 Å². The van der Waals surface area contributed by atoms with Gasteiger partial charge in [-0.2, -0.15) is 0 Å². The number of nitrogens with two attached hydrogens (primary N) is 1. The molecule has 0 aromatic rings. The summed E-state index contributed by atoms with van der Waals surface area (Å²) in [6.07, 6.45) is -0.161. The Hall–Kier alpha value is -1.14. The van der Waals surface area contributed by atoms with Crippen LogP contribution in [0.2, 0.25) is 0 Å². The maximum absolute atomic E-state index is 11.1. The first kappa shape index (κ1) is 13.9. The van der Waals surface area contributed by atoms with E-state index < -0.39 is 11.6 Å². The number of hydrogen-bond acceptors (Lipinski definition) is 5. The maximum Gasteiger partial charge on any atom is 0.308 e. The largest absolute Gasteiger partial charge is 0.466 e. The maximum atomic E-state index is 11.1. The van der Waals surface area contributed by atoms with E-state index in [0.717, 1.165) is 0 Å². The molecule has 1 atom stereocenters. The highest BCUT2D eigenvalue weighted by Crippen LogP contribution is 2.08. The van der Waals surface area contributed by atoms with Crippen molar-refractivity contribution in [3.8, 4) is 0 Å². The summed E-state index contributed by atoms with van der Waals surface area (Å²) in [5.74, 6) is -0.872. The van der Waals surface area contributed by atoms with Crippen molar-refractivity contribution < 1.29 is 19.4 Å². The fourth-order valence-electron chi connectivity index (χ4n) is 0.947. The zero-order valence-corrected chi connectivity index (χ0v) is 9.08. The molecule has 0 aliphatic rings. The lowest BCUT2D eigenvalue weighted by Gasteiger charge is -2.22. The highest BCUT2D eigenvalue weighted by molar-refractivity contribution is 5.78. The van der Waals surface area contributed by atoms with Crippen LogP contribution in [0.15, 0.2) is 0 Å². The van der Waals surface area contributed by atoms with Gasteiger partial charge in [0.1, 0.15) is 0 Å². The molecular weight excluding hydrogens is 200 g/mol. The first-order valence-electron chi connectivity index (χ1n) is 4.76. The quantitative estimate of drug-likeness (QED) is 0.484. The Balaban J connectivity index is 3.95. The van der Waals surface area contributed by atoms with Crippen LogP contribution < -0.4 is 11.1 Å². The smallest absolute Gasteiger partial charge is 0.308 e. The molecule has 6 heteroatoms. The van der Waals surface area contributed by atoms with Crippen molar-refractivity contribution in [3.05, 3.63) is 0 Å². The first-order valence-corrected chi connectivity index (χ1v) is 4.76. The molecule has 0 aliphatic carbocycles. The number of hydrogen-bond donors (Lipinski definition) is 3. The number of amides is 1. The van der Waals surface area contributed by atoms with Crippen molar-refractivity contribution in [2.75, 3.05) is 19.7 Å². The second-order valence-corrected chi connectivity index (χ2v) is 3.46. The molecule has 0 aromatic carbocycles. The van der Waals surface area contributed by atoms with Gasteiger partial charge in [0, 0.05) is 6.54 Å². The second-order valence-electron chi connectivity index (χ2n) is 3.46. The third kappa shape index (κ3) is 6.87. The molecule has 0 heterocycles. The summed E-state index contributed by atoms with van der Waals surface area (Å²) in [6.45, 7) is 3.23. The van der Waals surface area contributed by atoms with Crippen LogP contribution in [0.25, 0.3) is 0 Å². The van der Waals surface area contributed by atoms with Crippen LogP contribution in [-0.4, -0.2) is 42.3 Å². The Labute approximate surface area is 88.8 Å². The Morgan fingerprint density at radius 3 is 2.60 bits per heavy atom. The Bertz CT molecular complexity index is 228. The molecule has 6 nitrogen and oxygen atoms in total. The van der Waals surface area contributed by atoms with Crippen LogP contribution in [0.3, 0.4) is 0 Å². The number of esters is 1. The summed E-state index contributed by atoms with van der Waals surface area (Å²) in [5.41, 5.74) is 3.76. The summed E-state index contributed by atoms with van der Waals surface area (Å²) in [5, 5.41) is 12.1. The first-order chi connectivity index (χ1) is 6.91. The Morgan fingerprint density at radius 2 is 2.13 bits per heavy atom. The van der Waals surface area contributed by atoms with Crippen LogP contribution in [-0.2, 0) is 14.3 Å². The van der Waals surface area contributed by atoms with Crippen LogP contribution in [0, 0.1) is 0 Å². The van der Waals surface area contributed by atoms with Gasteiger partial charge in [0.25, 0.3) is 0 Å². The predicted octanol–water partition coefficient (Wildman–Crippen LogP) is -1.23. The molecule has 0 fully saturated rings. The monoisotopic (exact) mass is 218 g/mol. The SMILES string of the molecule is CCOC(=O)CC(C)(O)CNC(=O)CN. The molecule has 0 saturated carbocycles. The van der Waals surface area contributed by atoms with E-state index in [4.69, 9.17) is 5.73 Å². The summed E-state index contributed by atoms with van der Waals surface area (Å²) < 4.78 is 4.67. The number of carbonyl (C=O) groups excluding carboxylic acids is 2. The lowest BCUT2D eigenvalue weighted by Crippen LogP contribution is -2.44. The van der Waals surface area contributed by atoms with Gasteiger partial charge in [-0.05, 0) is 13.8 Å². The van der Waals surface area contributed by atoms with Crippen molar-refractivity contribution in [1.29, 1.82) is 0 Å². The van der Waals surface area contributed by atoms with Gasteiger partial charge in [0.05, 0.1) is 25.2 Å². The molecule has 0 aromatic heterocycles. The minimum atomic E-state index is -1.31. The lowest BCUT2D eigenvalue weighted by molar-refractivity contribution is -0.148. The van der Waals surface area contributed by atoms with Crippen molar-refractivity contribution in [1.82, 2.24) is 5.32 Å². The second kappa shape index (κ2) is 6.36. The minimum absolute atomic E-state index is 0.0259. The molecular formula is C9H18N2O4. The molecule has 15 heavy (non-hydrogen) atoms. The van der Waals surface area contributed by atoms with Crippen molar-refractivity contribution in [2.24, 2.45) is 5.73 Å². The molecule has 0 radical (unpaired) electrons. The normalized spacial score (nSPS) is 14.1. The molecule has 88 valence electrons. The van der Waals surface area contributed by atoms with Gasteiger partial charge in [0.2, 0.25) is 5.91 Å². The Morgan fingerprint density at radius 1 is 1.53 bits per heavy atom.